The first kappa shape index (κ1) is 12.4. The zero-order chi connectivity index (χ0) is 11.6. The van der Waals surface area contributed by atoms with Crippen molar-refractivity contribution in [2.24, 2.45) is 5.73 Å². The number of likely N-dealkylation sites (tertiary alicyclic amines) is 1. The lowest BCUT2D eigenvalue weighted by atomic mass is 9.82. The van der Waals surface area contributed by atoms with E-state index < -0.39 is 0 Å². The van der Waals surface area contributed by atoms with Gasteiger partial charge in [0.2, 0.25) is 0 Å². The number of nitrogens with zero attached hydrogens (tertiary/aromatic N) is 1. The van der Waals surface area contributed by atoms with Crippen LogP contribution in [0.25, 0.3) is 0 Å². The van der Waals surface area contributed by atoms with Crippen LogP contribution in [-0.4, -0.2) is 29.1 Å². The Hall–Kier alpha value is -0.0800. The maximum Gasteiger partial charge on any atom is 0.0283 e. The summed E-state index contributed by atoms with van der Waals surface area (Å²) in [6, 6.07) is 1.56. The summed E-state index contributed by atoms with van der Waals surface area (Å²) in [6.07, 6.45) is 10.6. The van der Waals surface area contributed by atoms with Gasteiger partial charge >= 0.3 is 0 Å². The predicted octanol–water partition coefficient (Wildman–Crippen LogP) is 2.91. The summed E-state index contributed by atoms with van der Waals surface area (Å²) in [5.41, 5.74) is 6.71. The third kappa shape index (κ3) is 2.60. The minimum Gasteiger partial charge on any atom is -0.324 e. The molecule has 1 saturated carbocycles. The molecule has 1 heterocycles. The summed E-state index contributed by atoms with van der Waals surface area (Å²) >= 11 is 0. The molecule has 2 aliphatic rings. The van der Waals surface area contributed by atoms with Crippen molar-refractivity contribution >= 4 is 0 Å². The van der Waals surface area contributed by atoms with Crippen molar-refractivity contribution in [3.8, 4) is 0 Å². The van der Waals surface area contributed by atoms with Gasteiger partial charge in [-0.25, -0.2) is 0 Å². The van der Waals surface area contributed by atoms with E-state index >= 15 is 0 Å². The van der Waals surface area contributed by atoms with Gasteiger partial charge in [-0.05, 0) is 39.0 Å². The third-order valence-corrected chi connectivity index (χ3v) is 4.77. The van der Waals surface area contributed by atoms with E-state index in [1.807, 2.05) is 0 Å². The molecule has 0 amide bonds. The van der Waals surface area contributed by atoms with Gasteiger partial charge in [0, 0.05) is 24.2 Å². The van der Waals surface area contributed by atoms with E-state index in [9.17, 15) is 0 Å². The van der Waals surface area contributed by atoms with E-state index in [-0.39, 0.29) is 5.54 Å². The van der Waals surface area contributed by atoms with Crippen molar-refractivity contribution in [3.63, 3.8) is 0 Å². The minimum absolute atomic E-state index is 0.129. The molecule has 2 N–H and O–H groups in total. The summed E-state index contributed by atoms with van der Waals surface area (Å²) in [5.74, 6) is 0. The average Bonchev–Trinajstić information content (AvgIpc) is 2.61. The van der Waals surface area contributed by atoms with Crippen molar-refractivity contribution < 1.29 is 0 Å². The molecule has 1 aliphatic carbocycles. The van der Waals surface area contributed by atoms with Crippen molar-refractivity contribution in [2.45, 2.75) is 82.8 Å². The van der Waals surface area contributed by atoms with Crippen LogP contribution in [0.2, 0.25) is 0 Å². The Morgan fingerprint density at radius 1 is 1.19 bits per heavy atom. The highest BCUT2D eigenvalue weighted by Crippen LogP contribution is 2.32. The highest BCUT2D eigenvalue weighted by atomic mass is 15.2. The van der Waals surface area contributed by atoms with Crippen LogP contribution in [0.4, 0.5) is 0 Å². The summed E-state index contributed by atoms with van der Waals surface area (Å²) in [5, 5.41) is 0. The topological polar surface area (TPSA) is 29.3 Å². The summed E-state index contributed by atoms with van der Waals surface area (Å²) < 4.78 is 0. The number of nitrogens with two attached hydrogens (primary N) is 1. The predicted molar refractivity (Wildman–Crippen MR) is 69.5 cm³/mol. The molecule has 16 heavy (non-hydrogen) atoms. The molecule has 0 radical (unpaired) electrons. The van der Waals surface area contributed by atoms with Crippen LogP contribution in [0.15, 0.2) is 0 Å². The molecular formula is C14H28N2. The fraction of sp³-hybridized carbons (Fsp3) is 1.00. The number of hydrogen-bond donors (Lipinski definition) is 1. The highest BCUT2D eigenvalue weighted by molar-refractivity contribution is 4.95. The Kier molecular flexibility index (Phi) is 3.91. The van der Waals surface area contributed by atoms with E-state index in [0.717, 1.165) is 18.6 Å². The van der Waals surface area contributed by atoms with E-state index in [4.69, 9.17) is 5.73 Å². The molecule has 0 bridgehead atoms. The van der Waals surface area contributed by atoms with Gasteiger partial charge in [-0.1, -0.05) is 26.2 Å². The van der Waals surface area contributed by atoms with Gasteiger partial charge in [0.15, 0.2) is 0 Å². The largest absolute Gasteiger partial charge is 0.324 e. The Morgan fingerprint density at radius 2 is 1.88 bits per heavy atom. The second kappa shape index (κ2) is 5.05. The first-order valence-electron chi connectivity index (χ1n) is 7.19. The molecule has 2 atom stereocenters. The monoisotopic (exact) mass is 224 g/mol. The highest BCUT2D eigenvalue weighted by Gasteiger charge is 2.36. The third-order valence-electron chi connectivity index (χ3n) is 4.77. The summed E-state index contributed by atoms with van der Waals surface area (Å²) in [6.45, 7) is 5.84. The van der Waals surface area contributed by atoms with Crippen LogP contribution in [0, 0.1) is 0 Å². The Balaban J connectivity index is 1.96. The van der Waals surface area contributed by atoms with E-state index in [2.05, 4.69) is 18.7 Å². The minimum atomic E-state index is 0.129. The van der Waals surface area contributed by atoms with Crippen molar-refractivity contribution in [2.75, 3.05) is 6.54 Å². The molecule has 2 fully saturated rings. The van der Waals surface area contributed by atoms with Crippen molar-refractivity contribution in [3.05, 3.63) is 0 Å². The van der Waals surface area contributed by atoms with Crippen LogP contribution < -0.4 is 5.73 Å². The molecule has 2 rings (SSSR count). The lowest BCUT2D eigenvalue weighted by Crippen LogP contribution is -2.53. The van der Waals surface area contributed by atoms with Crippen LogP contribution >= 0.6 is 0 Å². The van der Waals surface area contributed by atoms with Gasteiger partial charge in [0.05, 0.1) is 0 Å². The molecule has 1 saturated heterocycles. The van der Waals surface area contributed by atoms with E-state index in [0.29, 0.717) is 0 Å². The molecule has 1 aliphatic heterocycles. The lowest BCUT2D eigenvalue weighted by Gasteiger charge is -2.40. The lowest BCUT2D eigenvalue weighted by molar-refractivity contribution is 0.128. The van der Waals surface area contributed by atoms with Crippen molar-refractivity contribution in [1.29, 1.82) is 0 Å². The van der Waals surface area contributed by atoms with Gasteiger partial charge in [-0.2, -0.15) is 0 Å². The molecular weight excluding hydrogens is 196 g/mol. The second-order valence-corrected chi connectivity index (χ2v) is 6.08. The summed E-state index contributed by atoms with van der Waals surface area (Å²) in [4.78, 5) is 2.70. The Morgan fingerprint density at radius 3 is 2.50 bits per heavy atom. The van der Waals surface area contributed by atoms with Crippen LogP contribution in [0.5, 0.6) is 0 Å². The van der Waals surface area contributed by atoms with Crippen LogP contribution in [0.1, 0.15) is 65.2 Å². The first-order chi connectivity index (χ1) is 7.64. The smallest absolute Gasteiger partial charge is 0.0283 e. The molecule has 0 aromatic carbocycles. The van der Waals surface area contributed by atoms with E-state index in [1.54, 1.807) is 0 Å². The molecule has 2 heteroatoms. The van der Waals surface area contributed by atoms with E-state index in [1.165, 1.54) is 51.4 Å². The molecule has 2 unspecified atom stereocenters. The van der Waals surface area contributed by atoms with Gasteiger partial charge in [0.25, 0.3) is 0 Å². The van der Waals surface area contributed by atoms with Crippen LogP contribution in [-0.2, 0) is 0 Å². The number of hydrogen-bond acceptors (Lipinski definition) is 2. The van der Waals surface area contributed by atoms with Gasteiger partial charge < -0.3 is 5.73 Å². The maximum atomic E-state index is 6.58. The van der Waals surface area contributed by atoms with Crippen LogP contribution in [0.3, 0.4) is 0 Å². The zero-order valence-electron chi connectivity index (χ0n) is 11.0. The summed E-state index contributed by atoms with van der Waals surface area (Å²) in [7, 11) is 0. The van der Waals surface area contributed by atoms with Gasteiger partial charge in [-0.15, -0.1) is 0 Å². The Bertz CT molecular complexity index is 221. The maximum absolute atomic E-state index is 6.58. The molecule has 2 nitrogen and oxygen atoms in total. The Labute approximate surface area is 101 Å². The van der Waals surface area contributed by atoms with Gasteiger partial charge in [0.1, 0.15) is 0 Å². The molecule has 0 aromatic rings. The number of rotatable bonds is 3. The van der Waals surface area contributed by atoms with Crippen molar-refractivity contribution in [1.82, 2.24) is 4.90 Å². The average molecular weight is 224 g/mol. The second-order valence-electron chi connectivity index (χ2n) is 6.08. The fourth-order valence-corrected chi connectivity index (χ4v) is 3.63. The normalized spacial score (nSPS) is 35.4. The standard InChI is InChI=1S/C14H28N2/c1-3-13-8-7-12(2)16(13)11-14(15)9-5-4-6-10-14/h12-13H,3-11,15H2,1-2H3. The molecule has 0 aromatic heterocycles. The fourth-order valence-electron chi connectivity index (χ4n) is 3.63. The zero-order valence-corrected chi connectivity index (χ0v) is 11.0. The van der Waals surface area contributed by atoms with Gasteiger partial charge in [-0.3, -0.25) is 4.90 Å². The first-order valence-corrected chi connectivity index (χ1v) is 7.19. The molecule has 0 spiro atoms. The molecule has 94 valence electrons. The SMILES string of the molecule is CCC1CCC(C)N1CC1(N)CCCCC1. The quantitative estimate of drug-likeness (QED) is 0.798.